The van der Waals surface area contributed by atoms with E-state index in [-0.39, 0.29) is 5.88 Å². The summed E-state index contributed by atoms with van der Waals surface area (Å²) in [6.45, 7) is 2.01. The number of aromatic nitrogens is 1. The van der Waals surface area contributed by atoms with E-state index in [4.69, 9.17) is 17.3 Å². The van der Waals surface area contributed by atoms with Crippen molar-refractivity contribution in [3.05, 3.63) is 36.2 Å². The quantitative estimate of drug-likeness (QED) is 0.493. The number of benzene rings is 1. The molecule has 1 heterocycles. The van der Waals surface area contributed by atoms with Gasteiger partial charge in [0.05, 0.1) is 11.6 Å². The molecule has 4 heteroatoms. The summed E-state index contributed by atoms with van der Waals surface area (Å²) >= 11 is 5.62. The number of pyridine rings is 1. The normalized spacial score (nSPS) is 12.0. The number of nitrogens with zero attached hydrogens (tertiary/aromatic N) is 2. The van der Waals surface area contributed by atoms with Crippen molar-refractivity contribution in [2.24, 2.45) is 10.7 Å². The van der Waals surface area contributed by atoms with Crippen molar-refractivity contribution < 1.29 is 0 Å². The summed E-state index contributed by atoms with van der Waals surface area (Å²) in [4.78, 5) is 8.45. The van der Waals surface area contributed by atoms with E-state index in [0.717, 1.165) is 22.0 Å². The zero-order valence-electron chi connectivity index (χ0n) is 8.94. The van der Waals surface area contributed by atoms with Crippen LogP contribution in [0.3, 0.4) is 0 Å². The van der Waals surface area contributed by atoms with Crippen LogP contribution in [0.5, 0.6) is 0 Å². The molecular weight excluding hydrogens is 222 g/mol. The minimum Gasteiger partial charge on any atom is -0.386 e. The van der Waals surface area contributed by atoms with E-state index in [9.17, 15) is 0 Å². The number of amidine groups is 1. The molecule has 0 aliphatic rings. The molecule has 0 spiro atoms. The van der Waals surface area contributed by atoms with Gasteiger partial charge in [0.15, 0.2) is 0 Å². The number of rotatable bonds is 2. The van der Waals surface area contributed by atoms with Crippen molar-refractivity contribution >= 4 is 33.9 Å². The summed E-state index contributed by atoms with van der Waals surface area (Å²) in [5.41, 5.74) is 7.57. The van der Waals surface area contributed by atoms with Gasteiger partial charge in [0.2, 0.25) is 0 Å². The Kier molecular flexibility index (Phi) is 3.06. The molecule has 0 saturated carbocycles. The zero-order valence-corrected chi connectivity index (χ0v) is 9.70. The Bertz CT molecular complexity index is 544. The van der Waals surface area contributed by atoms with Crippen LogP contribution >= 0.6 is 11.6 Å². The van der Waals surface area contributed by atoms with Gasteiger partial charge in [0.25, 0.3) is 0 Å². The molecule has 3 nitrogen and oxygen atoms in total. The van der Waals surface area contributed by atoms with Gasteiger partial charge < -0.3 is 5.73 Å². The van der Waals surface area contributed by atoms with Crippen molar-refractivity contribution in [1.29, 1.82) is 0 Å². The Hall–Kier alpha value is -1.61. The van der Waals surface area contributed by atoms with Crippen molar-refractivity contribution in [3.8, 4) is 0 Å². The van der Waals surface area contributed by atoms with Gasteiger partial charge in [0.1, 0.15) is 5.84 Å². The van der Waals surface area contributed by atoms with E-state index < -0.39 is 0 Å². The van der Waals surface area contributed by atoms with E-state index >= 15 is 0 Å². The van der Waals surface area contributed by atoms with Crippen LogP contribution in [0.1, 0.15) is 5.56 Å². The molecule has 2 rings (SSSR count). The second-order valence-electron chi connectivity index (χ2n) is 3.57. The monoisotopic (exact) mass is 233 g/mol. The highest BCUT2D eigenvalue weighted by atomic mass is 35.5. The summed E-state index contributed by atoms with van der Waals surface area (Å²) in [5, 5.41) is 2.13. The van der Waals surface area contributed by atoms with E-state index in [0.29, 0.717) is 5.84 Å². The summed E-state index contributed by atoms with van der Waals surface area (Å²) in [7, 11) is 0. The average molecular weight is 234 g/mol. The highest BCUT2D eigenvalue weighted by Gasteiger charge is 2.03. The minimum absolute atomic E-state index is 0.237. The van der Waals surface area contributed by atoms with Gasteiger partial charge in [-0.25, -0.2) is 4.99 Å². The van der Waals surface area contributed by atoms with E-state index in [2.05, 4.69) is 9.98 Å². The number of aryl methyl sites for hydroxylation is 1. The maximum atomic E-state index is 5.65. The Morgan fingerprint density at radius 2 is 2.25 bits per heavy atom. The van der Waals surface area contributed by atoms with Gasteiger partial charge in [-0.3, -0.25) is 4.98 Å². The number of alkyl halides is 1. The fourth-order valence-electron chi connectivity index (χ4n) is 1.67. The van der Waals surface area contributed by atoms with Crippen molar-refractivity contribution in [2.75, 3.05) is 5.88 Å². The third kappa shape index (κ3) is 1.99. The first kappa shape index (κ1) is 10.9. The molecule has 0 radical (unpaired) electrons. The van der Waals surface area contributed by atoms with Crippen LogP contribution in [0.15, 0.2) is 35.6 Å². The summed E-state index contributed by atoms with van der Waals surface area (Å²) in [6, 6.07) is 5.86. The van der Waals surface area contributed by atoms with Crippen molar-refractivity contribution in [1.82, 2.24) is 4.98 Å². The Morgan fingerprint density at radius 3 is 3.00 bits per heavy atom. The van der Waals surface area contributed by atoms with Crippen molar-refractivity contribution in [2.45, 2.75) is 6.92 Å². The number of aliphatic imine (C=N–C) groups is 1. The molecular formula is C12H12ClN3. The lowest BCUT2D eigenvalue weighted by molar-refractivity contribution is 1.30. The number of fused-ring (bicyclic) bond motifs is 1. The molecule has 0 bridgehead atoms. The largest absolute Gasteiger partial charge is 0.386 e. The van der Waals surface area contributed by atoms with Crippen LogP contribution in [0.2, 0.25) is 0 Å². The molecule has 2 aromatic rings. The first-order valence-electron chi connectivity index (χ1n) is 4.94. The number of hydrogen-bond donors (Lipinski definition) is 1. The lowest BCUT2D eigenvalue weighted by atomic mass is 10.1. The van der Waals surface area contributed by atoms with Crippen LogP contribution in [-0.4, -0.2) is 16.7 Å². The maximum Gasteiger partial charge on any atom is 0.115 e. The van der Waals surface area contributed by atoms with Gasteiger partial charge in [0, 0.05) is 23.2 Å². The number of hydrogen-bond acceptors (Lipinski definition) is 2. The van der Waals surface area contributed by atoms with E-state index in [1.165, 1.54) is 0 Å². The first-order valence-corrected chi connectivity index (χ1v) is 5.48. The lowest BCUT2D eigenvalue weighted by Gasteiger charge is -2.05. The Labute approximate surface area is 99.0 Å². The smallest absolute Gasteiger partial charge is 0.115 e. The molecule has 0 amide bonds. The lowest BCUT2D eigenvalue weighted by Crippen LogP contribution is -2.12. The second kappa shape index (κ2) is 4.49. The average Bonchev–Trinajstić information content (AvgIpc) is 2.29. The van der Waals surface area contributed by atoms with Gasteiger partial charge in [-0.15, -0.1) is 11.6 Å². The van der Waals surface area contributed by atoms with Gasteiger partial charge in [-0.05, 0) is 18.6 Å². The molecule has 1 aromatic heterocycles. The highest BCUT2D eigenvalue weighted by molar-refractivity contribution is 6.28. The van der Waals surface area contributed by atoms with Crippen LogP contribution in [-0.2, 0) is 0 Å². The fourth-order valence-corrected chi connectivity index (χ4v) is 1.73. The second-order valence-corrected chi connectivity index (χ2v) is 3.84. The molecule has 82 valence electrons. The SMILES string of the molecule is Cc1cncc2cccc(N=C(N)CCl)c12. The van der Waals surface area contributed by atoms with Gasteiger partial charge in [-0.2, -0.15) is 0 Å². The maximum absolute atomic E-state index is 5.65. The van der Waals surface area contributed by atoms with Crippen LogP contribution < -0.4 is 5.73 Å². The minimum atomic E-state index is 0.237. The third-order valence-corrected chi connectivity index (χ3v) is 2.63. The van der Waals surface area contributed by atoms with Crippen LogP contribution in [0.4, 0.5) is 5.69 Å². The van der Waals surface area contributed by atoms with Crippen LogP contribution in [0.25, 0.3) is 10.8 Å². The van der Waals surface area contributed by atoms with E-state index in [1.807, 2.05) is 37.5 Å². The summed E-state index contributed by atoms with van der Waals surface area (Å²) in [6.07, 6.45) is 3.64. The molecule has 2 N–H and O–H groups in total. The Balaban J connectivity index is 2.70. The molecule has 0 unspecified atom stereocenters. The number of halogens is 1. The van der Waals surface area contributed by atoms with Crippen molar-refractivity contribution in [3.63, 3.8) is 0 Å². The zero-order chi connectivity index (χ0) is 11.5. The standard InChI is InChI=1S/C12H12ClN3/c1-8-6-15-7-9-3-2-4-10(12(8)9)16-11(14)5-13/h2-4,6-7H,5H2,1H3,(H2,14,16). The molecule has 1 aromatic carbocycles. The molecule has 0 aliphatic heterocycles. The predicted octanol–water partition coefficient (Wildman–Crippen LogP) is 2.77. The Morgan fingerprint density at radius 1 is 1.44 bits per heavy atom. The molecule has 16 heavy (non-hydrogen) atoms. The highest BCUT2D eigenvalue weighted by Crippen LogP contribution is 2.27. The van der Waals surface area contributed by atoms with E-state index in [1.54, 1.807) is 0 Å². The molecule has 0 fully saturated rings. The molecule has 0 saturated heterocycles. The van der Waals surface area contributed by atoms with Crippen LogP contribution in [0, 0.1) is 6.92 Å². The van der Waals surface area contributed by atoms with Gasteiger partial charge in [-0.1, -0.05) is 12.1 Å². The predicted molar refractivity (Wildman–Crippen MR) is 68.5 cm³/mol. The fraction of sp³-hybridized carbons (Fsp3) is 0.167. The molecule has 0 atom stereocenters. The summed E-state index contributed by atoms with van der Waals surface area (Å²) < 4.78 is 0. The first-order chi connectivity index (χ1) is 7.72. The molecule has 0 aliphatic carbocycles. The summed E-state index contributed by atoms with van der Waals surface area (Å²) in [5.74, 6) is 0.658. The topological polar surface area (TPSA) is 51.3 Å². The van der Waals surface area contributed by atoms with Gasteiger partial charge >= 0.3 is 0 Å². The number of nitrogens with two attached hydrogens (primary N) is 1. The third-order valence-electron chi connectivity index (χ3n) is 2.35.